The van der Waals surface area contributed by atoms with Crippen molar-refractivity contribution in [3.63, 3.8) is 0 Å². The third kappa shape index (κ3) is 4.31. The number of carbonyl (C=O) groups is 2. The molecule has 29 heavy (non-hydrogen) atoms. The summed E-state index contributed by atoms with van der Waals surface area (Å²) >= 11 is 0. The van der Waals surface area contributed by atoms with Crippen LogP contribution in [-0.2, 0) is 23.1 Å². The van der Waals surface area contributed by atoms with E-state index in [0.717, 1.165) is 49.0 Å². The molecule has 2 heterocycles. The van der Waals surface area contributed by atoms with Crippen LogP contribution in [0.3, 0.4) is 0 Å². The van der Waals surface area contributed by atoms with E-state index >= 15 is 0 Å². The summed E-state index contributed by atoms with van der Waals surface area (Å²) in [5, 5.41) is 9.40. The Bertz CT molecular complexity index is 885. The second-order valence-electron chi connectivity index (χ2n) is 8.81. The quantitative estimate of drug-likeness (QED) is 0.836. The highest BCUT2D eigenvalue weighted by Crippen LogP contribution is 2.33. The number of carboxylic acid groups (broad SMARTS) is 1. The number of fused-ring (bicyclic) bond motifs is 1. The molecule has 6 nitrogen and oxygen atoms in total. The van der Waals surface area contributed by atoms with Crippen LogP contribution in [0, 0.1) is 17.8 Å². The molecule has 6 heteroatoms. The minimum absolute atomic E-state index is 0.0859. The minimum atomic E-state index is -0.753. The molecule has 1 aromatic carbocycles. The molecule has 1 N–H and O–H groups in total. The number of aryl methyl sites for hydroxylation is 1. The maximum Gasteiger partial charge on any atom is 0.303 e. The molecule has 2 fully saturated rings. The maximum atomic E-state index is 13.1. The molecule has 0 radical (unpaired) electrons. The first-order chi connectivity index (χ1) is 14.0. The van der Waals surface area contributed by atoms with Gasteiger partial charge < -0.3 is 14.6 Å². The zero-order chi connectivity index (χ0) is 20.4. The number of para-hydroxylation sites is 2. The van der Waals surface area contributed by atoms with E-state index in [4.69, 9.17) is 4.98 Å². The number of hydrogen-bond acceptors (Lipinski definition) is 3. The molecule has 1 aliphatic carbocycles. The highest BCUT2D eigenvalue weighted by atomic mass is 16.4. The van der Waals surface area contributed by atoms with Gasteiger partial charge in [-0.1, -0.05) is 31.4 Å². The van der Waals surface area contributed by atoms with Crippen molar-refractivity contribution in [2.45, 2.75) is 51.4 Å². The summed E-state index contributed by atoms with van der Waals surface area (Å²) in [4.78, 5) is 31.3. The molecule has 0 bridgehead atoms. The van der Waals surface area contributed by atoms with Crippen molar-refractivity contribution in [2.75, 3.05) is 13.1 Å². The molecule has 156 valence electrons. The predicted molar refractivity (Wildman–Crippen MR) is 111 cm³/mol. The third-order valence-corrected chi connectivity index (χ3v) is 6.92. The van der Waals surface area contributed by atoms with Crippen LogP contribution in [0.5, 0.6) is 0 Å². The number of likely N-dealkylation sites (tertiary alicyclic amines) is 1. The first-order valence-corrected chi connectivity index (χ1v) is 10.9. The van der Waals surface area contributed by atoms with Crippen molar-refractivity contribution in [2.24, 2.45) is 24.8 Å². The van der Waals surface area contributed by atoms with Crippen molar-refractivity contribution >= 4 is 22.9 Å². The van der Waals surface area contributed by atoms with Gasteiger partial charge in [0.1, 0.15) is 5.82 Å². The highest BCUT2D eigenvalue weighted by Gasteiger charge is 2.36. The molecule has 4 rings (SSSR count). The average molecular weight is 398 g/mol. The Balaban J connectivity index is 1.53. The molecule has 1 amide bonds. The molecule has 0 spiro atoms. The van der Waals surface area contributed by atoms with Crippen LogP contribution in [0.1, 0.15) is 50.8 Å². The fourth-order valence-electron chi connectivity index (χ4n) is 5.23. The van der Waals surface area contributed by atoms with Crippen LogP contribution >= 0.6 is 0 Å². The van der Waals surface area contributed by atoms with Gasteiger partial charge in [0.05, 0.1) is 11.0 Å². The van der Waals surface area contributed by atoms with Gasteiger partial charge in [0, 0.05) is 38.9 Å². The van der Waals surface area contributed by atoms with Crippen LogP contribution in [0.4, 0.5) is 0 Å². The van der Waals surface area contributed by atoms with Gasteiger partial charge in [-0.15, -0.1) is 0 Å². The molecular weight excluding hydrogens is 366 g/mol. The largest absolute Gasteiger partial charge is 0.481 e. The van der Waals surface area contributed by atoms with Gasteiger partial charge in [0.25, 0.3) is 0 Å². The smallest absolute Gasteiger partial charge is 0.303 e. The van der Waals surface area contributed by atoms with Crippen LogP contribution in [0.15, 0.2) is 24.3 Å². The zero-order valence-electron chi connectivity index (χ0n) is 17.2. The minimum Gasteiger partial charge on any atom is -0.481 e. The standard InChI is InChI=1S/C23H31N3O3/c1-25-20-10-6-5-9-19(20)24-21(25)13-18-15-26(12-11-17(18)14-22(27)28)23(29)16-7-3-2-4-8-16/h5-6,9-10,16-18H,2-4,7-8,11-15H2,1H3,(H,27,28)/t17-,18-/m0/s1. The van der Waals surface area contributed by atoms with Gasteiger partial charge in [-0.2, -0.15) is 0 Å². The van der Waals surface area contributed by atoms with E-state index in [9.17, 15) is 14.7 Å². The lowest BCUT2D eigenvalue weighted by atomic mass is 9.80. The number of aliphatic carboxylic acids is 1. The summed E-state index contributed by atoms with van der Waals surface area (Å²) in [6.07, 6.45) is 7.17. The highest BCUT2D eigenvalue weighted by molar-refractivity contribution is 5.79. The van der Waals surface area contributed by atoms with Crippen molar-refractivity contribution in [3.8, 4) is 0 Å². The molecule has 1 aromatic heterocycles. The van der Waals surface area contributed by atoms with E-state index in [1.165, 1.54) is 6.42 Å². The van der Waals surface area contributed by atoms with E-state index in [-0.39, 0.29) is 30.1 Å². The van der Waals surface area contributed by atoms with Gasteiger partial charge >= 0.3 is 5.97 Å². The summed E-state index contributed by atoms with van der Waals surface area (Å²) in [7, 11) is 2.02. The van der Waals surface area contributed by atoms with Gasteiger partial charge in [-0.25, -0.2) is 4.98 Å². The number of nitrogens with zero attached hydrogens (tertiary/aromatic N) is 3. The molecule has 1 aliphatic heterocycles. The van der Waals surface area contributed by atoms with E-state index < -0.39 is 5.97 Å². The maximum absolute atomic E-state index is 13.1. The Kier molecular flexibility index (Phi) is 5.88. The lowest BCUT2D eigenvalue weighted by Crippen LogP contribution is -2.47. The van der Waals surface area contributed by atoms with Crippen LogP contribution in [0.2, 0.25) is 0 Å². The Hall–Kier alpha value is -2.37. The second kappa shape index (κ2) is 8.56. The lowest BCUT2D eigenvalue weighted by molar-refractivity contribution is -0.141. The van der Waals surface area contributed by atoms with E-state index in [2.05, 4.69) is 10.6 Å². The number of aromatic nitrogens is 2. The monoisotopic (exact) mass is 397 g/mol. The average Bonchev–Trinajstić information content (AvgIpc) is 3.05. The number of hydrogen-bond donors (Lipinski definition) is 1. The number of carboxylic acids is 1. The number of rotatable bonds is 5. The predicted octanol–water partition coefficient (Wildman–Crippen LogP) is 3.64. The van der Waals surface area contributed by atoms with Gasteiger partial charge in [0.2, 0.25) is 5.91 Å². The fourth-order valence-corrected chi connectivity index (χ4v) is 5.23. The molecule has 2 aromatic rings. The fraction of sp³-hybridized carbons (Fsp3) is 0.609. The third-order valence-electron chi connectivity index (χ3n) is 6.92. The Morgan fingerprint density at radius 2 is 1.86 bits per heavy atom. The Morgan fingerprint density at radius 1 is 1.10 bits per heavy atom. The molecule has 2 aliphatic rings. The Morgan fingerprint density at radius 3 is 2.59 bits per heavy atom. The van der Waals surface area contributed by atoms with Crippen LogP contribution in [-0.4, -0.2) is 44.5 Å². The first-order valence-electron chi connectivity index (χ1n) is 10.9. The summed E-state index contributed by atoms with van der Waals surface area (Å²) < 4.78 is 2.11. The van der Waals surface area contributed by atoms with E-state index in [1.54, 1.807) is 0 Å². The SMILES string of the molecule is Cn1c(C[C@H]2CN(C(=O)C3CCCCC3)CC[C@H]2CC(=O)O)nc2ccccc21. The molecule has 1 saturated heterocycles. The Labute approximate surface area is 171 Å². The normalized spacial score (nSPS) is 23.4. The lowest BCUT2D eigenvalue weighted by Gasteiger charge is -2.40. The summed E-state index contributed by atoms with van der Waals surface area (Å²) in [5.74, 6) is 0.880. The molecule has 2 atom stereocenters. The van der Waals surface area contributed by atoms with E-state index in [1.807, 2.05) is 30.1 Å². The van der Waals surface area contributed by atoms with E-state index in [0.29, 0.717) is 19.5 Å². The topological polar surface area (TPSA) is 75.4 Å². The second-order valence-corrected chi connectivity index (χ2v) is 8.81. The number of carbonyl (C=O) groups excluding carboxylic acids is 1. The van der Waals surface area contributed by atoms with Crippen LogP contribution in [0.25, 0.3) is 11.0 Å². The van der Waals surface area contributed by atoms with Gasteiger partial charge in [0.15, 0.2) is 0 Å². The zero-order valence-corrected chi connectivity index (χ0v) is 17.2. The van der Waals surface area contributed by atoms with Gasteiger partial charge in [-0.05, 0) is 43.2 Å². The molecule has 1 saturated carbocycles. The number of imidazole rings is 1. The van der Waals surface area contributed by atoms with Gasteiger partial charge in [-0.3, -0.25) is 9.59 Å². The summed E-state index contributed by atoms with van der Waals surface area (Å²) in [6.45, 7) is 1.34. The number of amides is 1. The van der Waals surface area contributed by atoms with Crippen molar-refractivity contribution in [1.82, 2.24) is 14.5 Å². The molecular formula is C23H31N3O3. The first kappa shape index (κ1) is 19.9. The van der Waals surface area contributed by atoms with Crippen molar-refractivity contribution in [1.29, 1.82) is 0 Å². The number of benzene rings is 1. The summed E-state index contributed by atoms with van der Waals surface area (Å²) in [5.41, 5.74) is 2.05. The molecule has 0 unspecified atom stereocenters. The van der Waals surface area contributed by atoms with Crippen LogP contribution < -0.4 is 0 Å². The van der Waals surface area contributed by atoms with Crippen molar-refractivity contribution < 1.29 is 14.7 Å². The summed E-state index contributed by atoms with van der Waals surface area (Å²) in [6, 6.07) is 8.05. The number of piperidine rings is 1. The van der Waals surface area contributed by atoms with Crippen molar-refractivity contribution in [3.05, 3.63) is 30.1 Å².